The summed E-state index contributed by atoms with van der Waals surface area (Å²) in [5.74, 6) is 5.74. The fraction of sp³-hybridized carbons (Fsp3) is 0.286. The molecule has 1 fully saturated rings. The van der Waals surface area contributed by atoms with Gasteiger partial charge in [0, 0.05) is 24.3 Å². The molecule has 0 spiro atoms. The van der Waals surface area contributed by atoms with Gasteiger partial charge in [0.05, 0.1) is 10.1 Å². The summed E-state index contributed by atoms with van der Waals surface area (Å²) in [4.78, 5) is 12.8. The molecule has 1 amide bonds. The Morgan fingerprint density at radius 3 is 2.36 bits per heavy atom. The van der Waals surface area contributed by atoms with Gasteiger partial charge < -0.3 is 11.2 Å². The molecule has 1 aliphatic rings. The molecule has 12 heteroatoms. The zero-order valence-corrected chi connectivity index (χ0v) is 19.4. The quantitative estimate of drug-likeness (QED) is 0.386. The van der Waals surface area contributed by atoms with Gasteiger partial charge in [-0.1, -0.05) is 11.8 Å². The van der Waals surface area contributed by atoms with Crippen molar-refractivity contribution in [2.45, 2.75) is 35.1 Å². The van der Waals surface area contributed by atoms with Gasteiger partial charge in [-0.05, 0) is 68.3 Å². The van der Waals surface area contributed by atoms with Crippen LogP contribution in [0, 0.1) is 5.82 Å². The molecule has 2 aromatic carbocycles. The van der Waals surface area contributed by atoms with E-state index in [4.69, 9.17) is 5.84 Å². The molecule has 0 radical (unpaired) electrons. The molecule has 174 valence electrons. The van der Waals surface area contributed by atoms with Crippen LogP contribution in [0.2, 0.25) is 0 Å². The summed E-state index contributed by atoms with van der Waals surface area (Å²) in [5, 5.41) is 10.6. The van der Waals surface area contributed by atoms with Crippen LogP contribution in [0.1, 0.15) is 19.8 Å². The van der Waals surface area contributed by atoms with Crippen molar-refractivity contribution in [1.29, 1.82) is 0 Å². The van der Waals surface area contributed by atoms with Crippen molar-refractivity contribution in [3.05, 3.63) is 54.3 Å². The fourth-order valence-corrected chi connectivity index (χ4v) is 5.68. The van der Waals surface area contributed by atoms with Gasteiger partial charge in [-0.25, -0.2) is 17.5 Å². The van der Waals surface area contributed by atoms with Gasteiger partial charge in [-0.15, -0.1) is 10.2 Å². The maximum Gasteiger partial charge on any atom is 0.243 e. The van der Waals surface area contributed by atoms with Gasteiger partial charge in [0.2, 0.25) is 21.1 Å². The number of amides is 1. The normalized spacial score (nSPS) is 15.5. The van der Waals surface area contributed by atoms with Crippen LogP contribution < -0.4 is 11.2 Å². The first-order valence-corrected chi connectivity index (χ1v) is 12.6. The molecule has 2 heterocycles. The van der Waals surface area contributed by atoms with E-state index < -0.39 is 15.3 Å². The SMILES string of the molecule is C[C@H](Sc1nnc(-c2ccc(F)cc2)n1N)C(=O)Nc1ccc(S(=O)(=O)N2CCCC2)cc1. The number of thioether (sulfide) groups is 1. The number of nitrogens with one attached hydrogen (secondary N) is 1. The lowest BCUT2D eigenvalue weighted by atomic mass is 10.2. The smallest absolute Gasteiger partial charge is 0.243 e. The van der Waals surface area contributed by atoms with Gasteiger partial charge in [-0.3, -0.25) is 4.79 Å². The molecule has 1 atom stereocenters. The Hall–Kier alpha value is -2.96. The molecule has 1 saturated heterocycles. The molecular weight excluding hydrogens is 467 g/mol. The van der Waals surface area contributed by atoms with Crippen molar-refractivity contribution < 1.29 is 17.6 Å². The average Bonchev–Trinajstić information content (AvgIpc) is 3.46. The van der Waals surface area contributed by atoms with E-state index in [0.29, 0.717) is 35.3 Å². The number of nitrogens with two attached hydrogens (primary N) is 1. The van der Waals surface area contributed by atoms with Crippen molar-refractivity contribution >= 4 is 33.4 Å². The van der Waals surface area contributed by atoms with Crippen molar-refractivity contribution in [1.82, 2.24) is 19.2 Å². The summed E-state index contributed by atoms with van der Waals surface area (Å²) in [6.07, 6.45) is 1.73. The first kappa shape index (κ1) is 23.2. The summed E-state index contributed by atoms with van der Waals surface area (Å²) in [7, 11) is -3.50. The van der Waals surface area contributed by atoms with Crippen LogP contribution in [0.15, 0.2) is 58.6 Å². The molecule has 9 nitrogen and oxygen atoms in total. The highest BCUT2D eigenvalue weighted by molar-refractivity contribution is 8.00. The van der Waals surface area contributed by atoms with Gasteiger partial charge in [0.15, 0.2) is 5.82 Å². The summed E-state index contributed by atoms with van der Waals surface area (Å²) in [6, 6.07) is 11.8. The van der Waals surface area contributed by atoms with Crippen molar-refractivity contribution in [2.24, 2.45) is 0 Å². The zero-order valence-electron chi connectivity index (χ0n) is 17.8. The maximum atomic E-state index is 13.1. The summed E-state index contributed by atoms with van der Waals surface area (Å²) in [6.45, 7) is 2.76. The van der Waals surface area contributed by atoms with E-state index in [0.717, 1.165) is 24.6 Å². The number of hydrogen-bond acceptors (Lipinski definition) is 7. The molecule has 1 aliphatic heterocycles. The monoisotopic (exact) mass is 490 g/mol. The summed E-state index contributed by atoms with van der Waals surface area (Å²) in [5.41, 5.74) is 1.08. The topological polar surface area (TPSA) is 123 Å². The molecule has 0 aliphatic carbocycles. The standard InChI is InChI=1S/C21H23FN6O3S2/c1-14(32-21-26-25-19(28(21)23)15-4-6-16(22)7-5-15)20(29)24-17-8-10-18(11-9-17)33(30,31)27-12-2-3-13-27/h4-11,14H,2-3,12-13,23H2,1H3,(H,24,29)/t14-/m0/s1. The molecule has 0 unspecified atom stereocenters. The molecule has 4 rings (SSSR count). The van der Waals surface area contributed by atoms with Gasteiger partial charge in [0.25, 0.3) is 0 Å². The van der Waals surface area contributed by atoms with E-state index in [-0.39, 0.29) is 16.6 Å². The second kappa shape index (κ2) is 9.49. The van der Waals surface area contributed by atoms with Gasteiger partial charge in [0.1, 0.15) is 5.82 Å². The van der Waals surface area contributed by atoms with E-state index in [9.17, 15) is 17.6 Å². The molecule has 0 bridgehead atoms. The highest BCUT2D eigenvalue weighted by Crippen LogP contribution is 2.26. The number of nitrogen functional groups attached to an aromatic ring is 1. The third-order valence-electron chi connectivity index (χ3n) is 5.24. The number of carbonyl (C=O) groups is 1. The Bertz CT molecular complexity index is 1240. The highest BCUT2D eigenvalue weighted by atomic mass is 32.2. The van der Waals surface area contributed by atoms with Crippen LogP contribution in [0.25, 0.3) is 11.4 Å². The van der Waals surface area contributed by atoms with Gasteiger partial charge >= 0.3 is 0 Å². The van der Waals surface area contributed by atoms with E-state index in [2.05, 4.69) is 15.5 Å². The first-order valence-electron chi connectivity index (χ1n) is 10.3. The molecule has 1 aromatic heterocycles. The van der Waals surface area contributed by atoms with E-state index in [1.54, 1.807) is 31.2 Å². The molecule has 33 heavy (non-hydrogen) atoms. The Kier molecular flexibility index (Phi) is 6.68. The third kappa shape index (κ3) is 5.02. The number of rotatable bonds is 7. The summed E-state index contributed by atoms with van der Waals surface area (Å²) < 4.78 is 41.1. The molecule has 3 N–H and O–H groups in total. The Balaban J connectivity index is 1.39. The lowest BCUT2D eigenvalue weighted by Gasteiger charge is -2.16. The van der Waals surface area contributed by atoms with Crippen LogP contribution in [-0.2, 0) is 14.8 Å². The Labute approximate surface area is 195 Å². The number of halogens is 1. The van der Waals surface area contributed by atoms with E-state index in [1.807, 2.05) is 0 Å². The number of anilines is 1. The number of aromatic nitrogens is 3. The number of benzene rings is 2. The first-order chi connectivity index (χ1) is 15.8. The Morgan fingerprint density at radius 1 is 1.09 bits per heavy atom. The van der Waals surface area contributed by atoms with Crippen LogP contribution in [0.3, 0.4) is 0 Å². The predicted octanol–water partition coefficient (Wildman–Crippen LogP) is 2.70. The number of nitrogens with zero attached hydrogens (tertiary/aromatic N) is 4. The molecule has 0 saturated carbocycles. The largest absolute Gasteiger partial charge is 0.335 e. The van der Waals surface area contributed by atoms with Crippen molar-refractivity contribution in [2.75, 3.05) is 24.2 Å². The zero-order chi connectivity index (χ0) is 23.6. The minimum absolute atomic E-state index is 0.203. The van der Waals surface area contributed by atoms with Crippen LogP contribution in [0.5, 0.6) is 0 Å². The average molecular weight is 491 g/mol. The molecular formula is C21H23FN6O3S2. The second-order valence-corrected chi connectivity index (χ2v) is 10.8. The number of hydrogen-bond donors (Lipinski definition) is 2. The minimum Gasteiger partial charge on any atom is -0.335 e. The lowest BCUT2D eigenvalue weighted by Crippen LogP contribution is -2.28. The van der Waals surface area contributed by atoms with Crippen LogP contribution in [-0.4, -0.2) is 51.8 Å². The summed E-state index contributed by atoms with van der Waals surface area (Å²) >= 11 is 1.12. The van der Waals surface area contributed by atoms with Crippen LogP contribution >= 0.6 is 11.8 Å². The third-order valence-corrected chi connectivity index (χ3v) is 8.21. The van der Waals surface area contributed by atoms with Crippen molar-refractivity contribution in [3.8, 4) is 11.4 Å². The molecule has 3 aromatic rings. The van der Waals surface area contributed by atoms with E-state index in [1.165, 1.54) is 33.2 Å². The number of sulfonamides is 1. The lowest BCUT2D eigenvalue weighted by molar-refractivity contribution is -0.115. The van der Waals surface area contributed by atoms with Gasteiger partial charge in [-0.2, -0.15) is 4.31 Å². The highest BCUT2D eigenvalue weighted by Gasteiger charge is 2.27. The van der Waals surface area contributed by atoms with Crippen LogP contribution in [0.4, 0.5) is 10.1 Å². The Morgan fingerprint density at radius 2 is 1.73 bits per heavy atom. The number of carbonyl (C=O) groups excluding carboxylic acids is 1. The second-order valence-electron chi connectivity index (χ2n) is 7.57. The minimum atomic E-state index is -3.50. The van der Waals surface area contributed by atoms with E-state index >= 15 is 0 Å². The fourth-order valence-electron chi connectivity index (χ4n) is 3.40. The predicted molar refractivity (Wildman–Crippen MR) is 124 cm³/mol. The van der Waals surface area contributed by atoms with Crippen molar-refractivity contribution in [3.63, 3.8) is 0 Å². The maximum absolute atomic E-state index is 13.1.